The van der Waals surface area contributed by atoms with E-state index in [1.807, 2.05) is 6.07 Å². The van der Waals surface area contributed by atoms with Crippen LogP contribution in [0.4, 0.5) is 0 Å². The number of benzene rings is 1. The van der Waals surface area contributed by atoms with Gasteiger partial charge in [-0.3, -0.25) is 0 Å². The van der Waals surface area contributed by atoms with Crippen molar-refractivity contribution in [3.8, 4) is 6.07 Å². The molecule has 1 unspecified atom stereocenters. The van der Waals surface area contributed by atoms with Gasteiger partial charge in [-0.1, -0.05) is 52.5 Å². The second-order valence-electron chi connectivity index (χ2n) is 5.31. The van der Waals surface area contributed by atoms with Gasteiger partial charge in [0.1, 0.15) is 0 Å². The molecule has 0 aliphatic carbocycles. The summed E-state index contributed by atoms with van der Waals surface area (Å²) < 4.78 is 0. The van der Waals surface area contributed by atoms with Crippen LogP contribution in [0, 0.1) is 17.2 Å². The minimum Gasteiger partial charge on any atom is -0.192 e. The van der Waals surface area contributed by atoms with E-state index in [9.17, 15) is 0 Å². The maximum atomic E-state index is 9.04. The maximum Gasteiger partial charge on any atom is 0.0991 e. The van der Waals surface area contributed by atoms with Crippen molar-refractivity contribution in [2.45, 2.75) is 59.3 Å². The molecule has 0 spiro atoms. The highest BCUT2D eigenvalue weighted by atomic mass is 14.2. The molecule has 1 aromatic carbocycles. The quantitative estimate of drug-likeness (QED) is 0.626. The molecule has 0 N–H and O–H groups in total. The standard InChI is InChI=1S/C17H25N/c1-4-6-7-8-14(3)9-16-10-15(5-2)11-17(12-16)13-18/h10-12,14H,4-9H2,1-3H3. The van der Waals surface area contributed by atoms with Crippen LogP contribution in [0.5, 0.6) is 0 Å². The summed E-state index contributed by atoms with van der Waals surface area (Å²) in [6.45, 7) is 6.71. The van der Waals surface area contributed by atoms with Crippen LogP contribution < -0.4 is 0 Å². The van der Waals surface area contributed by atoms with E-state index >= 15 is 0 Å². The minimum absolute atomic E-state index is 0.718. The van der Waals surface area contributed by atoms with Gasteiger partial charge in [-0.15, -0.1) is 0 Å². The maximum absolute atomic E-state index is 9.04. The molecule has 1 aromatic rings. The third-order valence-electron chi connectivity index (χ3n) is 3.47. The van der Waals surface area contributed by atoms with Gasteiger partial charge < -0.3 is 0 Å². The first kappa shape index (κ1) is 14.8. The first-order valence-corrected chi connectivity index (χ1v) is 7.22. The second-order valence-corrected chi connectivity index (χ2v) is 5.31. The lowest BCUT2D eigenvalue weighted by atomic mass is 9.93. The molecule has 98 valence electrons. The lowest BCUT2D eigenvalue weighted by Crippen LogP contribution is -2.01. The third kappa shape index (κ3) is 4.92. The lowest BCUT2D eigenvalue weighted by Gasteiger charge is -2.12. The van der Waals surface area contributed by atoms with Crippen LogP contribution in [-0.2, 0) is 12.8 Å². The van der Waals surface area contributed by atoms with Gasteiger partial charge in [-0.25, -0.2) is 0 Å². The fourth-order valence-corrected chi connectivity index (χ4v) is 2.40. The van der Waals surface area contributed by atoms with Gasteiger partial charge >= 0.3 is 0 Å². The highest BCUT2D eigenvalue weighted by Crippen LogP contribution is 2.18. The van der Waals surface area contributed by atoms with E-state index in [-0.39, 0.29) is 0 Å². The largest absolute Gasteiger partial charge is 0.192 e. The Morgan fingerprint density at radius 1 is 1.11 bits per heavy atom. The van der Waals surface area contributed by atoms with E-state index in [0.29, 0.717) is 0 Å². The third-order valence-corrected chi connectivity index (χ3v) is 3.47. The molecule has 18 heavy (non-hydrogen) atoms. The van der Waals surface area contributed by atoms with Crippen molar-refractivity contribution in [1.82, 2.24) is 0 Å². The van der Waals surface area contributed by atoms with Crippen molar-refractivity contribution in [2.75, 3.05) is 0 Å². The van der Waals surface area contributed by atoms with Crippen LogP contribution in [0.1, 0.15) is 63.1 Å². The van der Waals surface area contributed by atoms with Crippen molar-refractivity contribution in [2.24, 2.45) is 5.92 Å². The number of nitriles is 1. The van der Waals surface area contributed by atoms with Gasteiger partial charge in [0.25, 0.3) is 0 Å². The molecular weight excluding hydrogens is 218 g/mol. The Balaban J connectivity index is 2.63. The molecule has 0 aromatic heterocycles. The zero-order chi connectivity index (χ0) is 13.4. The summed E-state index contributed by atoms with van der Waals surface area (Å²) in [6.07, 6.45) is 7.36. The molecule has 0 saturated carbocycles. The normalized spacial score (nSPS) is 12.1. The minimum atomic E-state index is 0.718. The highest BCUT2D eigenvalue weighted by molar-refractivity contribution is 5.37. The van der Waals surface area contributed by atoms with Crippen molar-refractivity contribution in [1.29, 1.82) is 5.26 Å². The Bertz CT molecular complexity index is 401. The average molecular weight is 243 g/mol. The molecular formula is C17H25N. The topological polar surface area (TPSA) is 23.8 Å². The van der Waals surface area contributed by atoms with Crippen LogP contribution in [0.3, 0.4) is 0 Å². The Morgan fingerprint density at radius 3 is 2.44 bits per heavy atom. The van der Waals surface area contributed by atoms with Crippen LogP contribution in [-0.4, -0.2) is 0 Å². The Hall–Kier alpha value is -1.29. The number of rotatable bonds is 7. The summed E-state index contributed by atoms with van der Waals surface area (Å²) in [5, 5.41) is 9.04. The molecule has 0 amide bonds. The van der Waals surface area contributed by atoms with Gasteiger partial charge in [0.15, 0.2) is 0 Å². The summed E-state index contributed by atoms with van der Waals surface area (Å²) in [5.74, 6) is 0.718. The first-order chi connectivity index (χ1) is 8.69. The Kier molecular flexibility index (Phi) is 6.50. The fourth-order valence-electron chi connectivity index (χ4n) is 2.40. The second kappa shape index (κ2) is 7.93. The molecule has 1 atom stereocenters. The molecule has 0 aliphatic heterocycles. The molecule has 1 rings (SSSR count). The number of unbranched alkanes of at least 4 members (excludes halogenated alkanes) is 2. The zero-order valence-corrected chi connectivity index (χ0v) is 12.0. The highest BCUT2D eigenvalue weighted by Gasteiger charge is 2.06. The summed E-state index contributed by atoms with van der Waals surface area (Å²) in [5.41, 5.74) is 3.42. The van der Waals surface area contributed by atoms with Crippen LogP contribution in [0.25, 0.3) is 0 Å². The molecule has 0 radical (unpaired) electrons. The van der Waals surface area contributed by atoms with Crippen LogP contribution in [0.15, 0.2) is 18.2 Å². The van der Waals surface area contributed by atoms with Crippen molar-refractivity contribution < 1.29 is 0 Å². The molecule has 0 heterocycles. The van der Waals surface area contributed by atoms with E-state index in [0.717, 1.165) is 24.3 Å². The van der Waals surface area contributed by atoms with E-state index in [2.05, 4.69) is 39.0 Å². The van der Waals surface area contributed by atoms with Gasteiger partial charge in [0.05, 0.1) is 11.6 Å². The van der Waals surface area contributed by atoms with Gasteiger partial charge in [0.2, 0.25) is 0 Å². The molecule has 0 fully saturated rings. The first-order valence-electron chi connectivity index (χ1n) is 7.22. The van der Waals surface area contributed by atoms with E-state index < -0.39 is 0 Å². The summed E-state index contributed by atoms with van der Waals surface area (Å²) in [6, 6.07) is 8.58. The monoisotopic (exact) mass is 243 g/mol. The molecule has 1 heteroatoms. The van der Waals surface area contributed by atoms with Crippen LogP contribution in [0.2, 0.25) is 0 Å². The van der Waals surface area contributed by atoms with E-state index in [1.54, 1.807) is 0 Å². The predicted molar refractivity (Wildman–Crippen MR) is 77.5 cm³/mol. The van der Waals surface area contributed by atoms with Gasteiger partial charge in [-0.2, -0.15) is 5.26 Å². The smallest absolute Gasteiger partial charge is 0.0991 e. The SMILES string of the molecule is CCCCCC(C)Cc1cc(C#N)cc(CC)c1. The fraction of sp³-hybridized carbons (Fsp3) is 0.588. The van der Waals surface area contributed by atoms with E-state index in [4.69, 9.17) is 5.26 Å². The number of aryl methyl sites for hydroxylation is 1. The van der Waals surface area contributed by atoms with Gasteiger partial charge in [-0.05, 0) is 42.0 Å². The van der Waals surface area contributed by atoms with Crippen LogP contribution >= 0.6 is 0 Å². The predicted octanol–water partition coefficient (Wildman–Crippen LogP) is 4.88. The summed E-state index contributed by atoms with van der Waals surface area (Å²) in [7, 11) is 0. The Labute approximate surface area is 112 Å². The van der Waals surface area contributed by atoms with E-state index in [1.165, 1.54) is 36.8 Å². The van der Waals surface area contributed by atoms with Crippen molar-refractivity contribution in [3.63, 3.8) is 0 Å². The number of hydrogen-bond donors (Lipinski definition) is 0. The summed E-state index contributed by atoms with van der Waals surface area (Å²) in [4.78, 5) is 0. The van der Waals surface area contributed by atoms with Gasteiger partial charge in [0, 0.05) is 0 Å². The molecule has 0 aliphatic rings. The molecule has 1 nitrogen and oxygen atoms in total. The number of nitrogens with zero attached hydrogens (tertiary/aromatic N) is 1. The molecule has 0 saturated heterocycles. The summed E-state index contributed by atoms with van der Waals surface area (Å²) >= 11 is 0. The van der Waals surface area contributed by atoms with Crippen molar-refractivity contribution >= 4 is 0 Å². The lowest BCUT2D eigenvalue weighted by molar-refractivity contribution is 0.493. The zero-order valence-electron chi connectivity index (χ0n) is 12.0. The average Bonchev–Trinajstić information content (AvgIpc) is 2.38. The van der Waals surface area contributed by atoms with Crippen molar-refractivity contribution in [3.05, 3.63) is 34.9 Å². The number of hydrogen-bond acceptors (Lipinski definition) is 1. The Morgan fingerprint density at radius 2 is 1.83 bits per heavy atom. The molecule has 0 bridgehead atoms.